The first kappa shape index (κ1) is 10.9. The van der Waals surface area contributed by atoms with E-state index in [0.717, 1.165) is 0 Å². The van der Waals surface area contributed by atoms with E-state index in [1.54, 1.807) is 19.1 Å². The number of hydrogen-bond acceptors (Lipinski definition) is 4. The Morgan fingerprint density at radius 2 is 2.07 bits per heavy atom. The van der Waals surface area contributed by atoms with Crippen molar-refractivity contribution < 1.29 is 18.7 Å². The quantitative estimate of drug-likeness (QED) is 0.534. The summed E-state index contributed by atoms with van der Waals surface area (Å²) in [6, 6.07) is 3.30. The van der Waals surface area contributed by atoms with E-state index in [-0.39, 0.29) is 11.7 Å². The first-order valence-electron chi connectivity index (χ1n) is 4.34. The van der Waals surface area contributed by atoms with Crippen molar-refractivity contribution in [1.82, 2.24) is 0 Å². The van der Waals surface area contributed by atoms with Crippen molar-refractivity contribution in [2.24, 2.45) is 5.92 Å². The molecule has 0 aliphatic rings. The molecular weight excluding hydrogens is 184 g/mol. The van der Waals surface area contributed by atoms with E-state index in [0.29, 0.717) is 5.76 Å². The third kappa shape index (κ3) is 2.21. The monoisotopic (exact) mass is 198 g/mol. The molecule has 0 bridgehead atoms. The van der Waals surface area contributed by atoms with E-state index in [2.05, 4.69) is 0 Å². The molecule has 1 aromatic heterocycles. The molecule has 0 aromatic carbocycles. The van der Waals surface area contributed by atoms with Gasteiger partial charge in [0.25, 0.3) is 0 Å². The maximum Gasteiger partial charge on any atom is 0.205 e. The van der Waals surface area contributed by atoms with Gasteiger partial charge in [0.05, 0.1) is 12.2 Å². The van der Waals surface area contributed by atoms with Gasteiger partial charge in [-0.15, -0.1) is 0 Å². The molecule has 1 heterocycles. The van der Waals surface area contributed by atoms with Crippen molar-refractivity contribution in [3.8, 4) is 0 Å². The van der Waals surface area contributed by atoms with Crippen LogP contribution in [0.4, 0.5) is 0 Å². The number of carbonyl (C=O) groups is 1. The van der Waals surface area contributed by atoms with Crippen LogP contribution in [-0.2, 0) is 9.47 Å². The summed E-state index contributed by atoms with van der Waals surface area (Å²) in [7, 11) is 3.00. The van der Waals surface area contributed by atoms with Gasteiger partial charge in [-0.3, -0.25) is 4.79 Å². The van der Waals surface area contributed by atoms with Gasteiger partial charge in [-0.2, -0.15) is 0 Å². The summed E-state index contributed by atoms with van der Waals surface area (Å²) in [5, 5.41) is 0. The Kier molecular flexibility index (Phi) is 3.85. The summed E-state index contributed by atoms with van der Waals surface area (Å²) < 4.78 is 15.0. The maximum atomic E-state index is 11.7. The molecule has 0 spiro atoms. The van der Waals surface area contributed by atoms with Crippen LogP contribution in [0.5, 0.6) is 0 Å². The lowest BCUT2D eigenvalue weighted by Crippen LogP contribution is -2.28. The molecule has 78 valence electrons. The van der Waals surface area contributed by atoms with E-state index in [1.807, 2.05) is 0 Å². The lowest BCUT2D eigenvalue weighted by molar-refractivity contribution is -0.123. The standard InChI is InChI=1S/C10H14O4/c1-7(10(12-2)13-3)9(11)8-5-4-6-14-8/h4-7,10H,1-3H3. The fourth-order valence-corrected chi connectivity index (χ4v) is 1.27. The fraction of sp³-hybridized carbons (Fsp3) is 0.500. The second kappa shape index (κ2) is 4.93. The number of furan rings is 1. The van der Waals surface area contributed by atoms with Crippen molar-refractivity contribution >= 4 is 5.78 Å². The van der Waals surface area contributed by atoms with Gasteiger partial charge in [0, 0.05) is 14.2 Å². The second-order valence-corrected chi connectivity index (χ2v) is 2.97. The van der Waals surface area contributed by atoms with Gasteiger partial charge < -0.3 is 13.9 Å². The molecule has 0 saturated carbocycles. The van der Waals surface area contributed by atoms with Gasteiger partial charge >= 0.3 is 0 Å². The van der Waals surface area contributed by atoms with E-state index in [9.17, 15) is 4.79 Å². The van der Waals surface area contributed by atoms with Crippen molar-refractivity contribution in [2.75, 3.05) is 14.2 Å². The van der Waals surface area contributed by atoms with E-state index in [4.69, 9.17) is 13.9 Å². The third-order valence-electron chi connectivity index (χ3n) is 2.05. The van der Waals surface area contributed by atoms with Crippen LogP contribution in [0.15, 0.2) is 22.8 Å². The van der Waals surface area contributed by atoms with Crippen LogP contribution in [0.1, 0.15) is 17.5 Å². The van der Waals surface area contributed by atoms with Gasteiger partial charge in [-0.25, -0.2) is 0 Å². The lowest BCUT2D eigenvalue weighted by Gasteiger charge is -2.18. The van der Waals surface area contributed by atoms with E-state index >= 15 is 0 Å². The molecular formula is C10H14O4. The molecule has 4 heteroatoms. The van der Waals surface area contributed by atoms with Crippen LogP contribution in [0, 0.1) is 5.92 Å². The molecule has 1 unspecified atom stereocenters. The van der Waals surface area contributed by atoms with Gasteiger partial charge in [0.15, 0.2) is 12.1 Å². The maximum absolute atomic E-state index is 11.7. The number of methoxy groups -OCH3 is 2. The lowest BCUT2D eigenvalue weighted by atomic mass is 10.0. The summed E-state index contributed by atoms with van der Waals surface area (Å²) in [5.41, 5.74) is 0. The number of ether oxygens (including phenoxy) is 2. The minimum Gasteiger partial charge on any atom is -0.461 e. The zero-order valence-electron chi connectivity index (χ0n) is 8.52. The summed E-state index contributed by atoms with van der Waals surface area (Å²) in [6.07, 6.45) is 0.932. The van der Waals surface area contributed by atoms with Crippen LogP contribution >= 0.6 is 0 Å². The Morgan fingerprint density at radius 3 is 2.50 bits per heavy atom. The predicted octanol–water partition coefficient (Wildman–Crippen LogP) is 1.72. The predicted molar refractivity (Wildman–Crippen MR) is 50.0 cm³/mol. The summed E-state index contributed by atoms with van der Waals surface area (Å²) >= 11 is 0. The zero-order chi connectivity index (χ0) is 10.6. The number of rotatable bonds is 5. The van der Waals surface area contributed by atoms with Gasteiger partial charge in [0.2, 0.25) is 5.78 Å². The van der Waals surface area contributed by atoms with Crippen molar-refractivity contribution in [3.63, 3.8) is 0 Å². The Balaban J connectivity index is 2.69. The van der Waals surface area contributed by atoms with Crippen LogP contribution in [0.2, 0.25) is 0 Å². The highest BCUT2D eigenvalue weighted by Crippen LogP contribution is 2.15. The van der Waals surface area contributed by atoms with Crippen LogP contribution in [-0.4, -0.2) is 26.3 Å². The molecule has 0 aliphatic heterocycles. The fourth-order valence-electron chi connectivity index (χ4n) is 1.27. The average molecular weight is 198 g/mol. The minimum atomic E-state index is -0.535. The molecule has 0 amide bonds. The highest BCUT2D eigenvalue weighted by Gasteiger charge is 2.26. The first-order valence-corrected chi connectivity index (χ1v) is 4.34. The van der Waals surface area contributed by atoms with Gasteiger partial charge in [-0.1, -0.05) is 6.92 Å². The normalized spacial score (nSPS) is 13.1. The molecule has 14 heavy (non-hydrogen) atoms. The zero-order valence-corrected chi connectivity index (χ0v) is 8.52. The smallest absolute Gasteiger partial charge is 0.205 e. The van der Waals surface area contributed by atoms with E-state index < -0.39 is 6.29 Å². The third-order valence-corrected chi connectivity index (χ3v) is 2.05. The van der Waals surface area contributed by atoms with Crippen LogP contribution in [0.3, 0.4) is 0 Å². The molecule has 0 fully saturated rings. The highest BCUT2D eigenvalue weighted by molar-refractivity contribution is 5.95. The molecule has 0 saturated heterocycles. The number of ketones is 1. The Bertz CT molecular complexity index is 274. The Labute approximate surface area is 82.8 Å². The average Bonchev–Trinajstić information content (AvgIpc) is 2.71. The summed E-state index contributed by atoms with van der Waals surface area (Å²) in [4.78, 5) is 11.7. The SMILES string of the molecule is COC(OC)C(C)C(=O)c1ccco1. The number of Topliss-reactive ketones (excluding diaryl/α,β-unsaturated/α-hetero) is 1. The number of carbonyl (C=O) groups excluding carboxylic acids is 1. The highest BCUT2D eigenvalue weighted by atomic mass is 16.7. The summed E-state index contributed by atoms with van der Waals surface area (Å²) in [5.74, 6) is -0.170. The molecule has 4 nitrogen and oxygen atoms in total. The topological polar surface area (TPSA) is 48.7 Å². The number of hydrogen-bond donors (Lipinski definition) is 0. The van der Waals surface area contributed by atoms with Crippen molar-refractivity contribution in [1.29, 1.82) is 0 Å². The van der Waals surface area contributed by atoms with Crippen molar-refractivity contribution in [3.05, 3.63) is 24.2 Å². The molecule has 0 aliphatic carbocycles. The Morgan fingerprint density at radius 1 is 1.43 bits per heavy atom. The largest absolute Gasteiger partial charge is 0.461 e. The Hall–Kier alpha value is -1.13. The molecule has 1 aromatic rings. The van der Waals surface area contributed by atoms with Gasteiger partial charge in [0.1, 0.15) is 0 Å². The molecule has 0 N–H and O–H groups in total. The molecule has 0 radical (unpaired) electrons. The molecule has 1 atom stereocenters. The van der Waals surface area contributed by atoms with Crippen LogP contribution in [0.25, 0.3) is 0 Å². The minimum absolute atomic E-state index is 0.122. The van der Waals surface area contributed by atoms with Gasteiger partial charge in [-0.05, 0) is 12.1 Å². The summed E-state index contributed by atoms with van der Waals surface area (Å²) in [6.45, 7) is 1.74. The molecule has 1 rings (SSSR count). The second-order valence-electron chi connectivity index (χ2n) is 2.97. The first-order chi connectivity index (χ1) is 6.70. The van der Waals surface area contributed by atoms with Crippen molar-refractivity contribution in [2.45, 2.75) is 13.2 Å². The van der Waals surface area contributed by atoms with Crippen LogP contribution < -0.4 is 0 Å². The van der Waals surface area contributed by atoms with E-state index in [1.165, 1.54) is 20.5 Å².